The molecule has 0 fully saturated rings. The molecule has 0 aromatic heterocycles. The predicted octanol–water partition coefficient (Wildman–Crippen LogP) is 1.14. The van der Waals surface area contributed by atoms with Crippen molar-refractivity contribution in [2.45, 2.75) is 18.9 Å². The predicted molar refractivity (Wildman–Crippen MR) is 64.1 cm³/mol. The van der Waals surface area contributed by atoms with Crippen LogP contribution in [0.25, 0.3) is 0 Å². The summed E-state index contributed by atoms with van der Waals surface area (Å²) in [6.07, 6.45) is 0.453. The zero-order valence-electron chi connectivity index (χ0n) is 10.00. The van der Waals surface area contributed by atoms with Gasteiger partial charge in [0.1, 0.15) is 5.82 Å². The van der Waals surface area contributed by atoms with Crippen molar-refractivity contribution in [1.82, 2.24) is 0 Å². The number of aliphatic hydroxyl groups is 1. The Balaban J connectivity index is 2.90. The van der Waals surface area contributed by atoms with E-state index in [2.05, 4.69) is 0 Å². The van der Waals surface area contributed by atoms with Crippen LogP contribution < -0.4 is 10.6 Å². The van der Waals surface area contributed by atoms with Crippen molar-refractivity contribution in [2.24, 2.45) is 5.73 Å². The van der Waals surface area contributed by atoms with Crippen LogP contribution in [0.3, 0.4) is 0 Å². The van der Waals surface area contributed by atoms with Gasteiger partial charge in [-0.25, -0.2) is 4.39 Å². The van der Waals surface area contributed by atoms with Crippen molar-refractivity contribution in [3.05, 3.63) is 29.6 Å². The highest BCUT2D eigenvalue weighted by molar-refractivity contribution is 5.47. The van der Waals surface area contributed by atoms with Crippen LogP contribution in [0.4, 0.5) is 10.1 Å². The number of benzene rings is 1. The SMILES string of the molecule is CN(C)c1ccc(CC(C)(N)CO)cc1F. The van der Waals surface area contributed by atoms with Crippen molar-refractivity contribution in [3.63, 3.8) is 0 Å². The molecular weight excluding hydrogens is 207 g/mol. The fraction of sp³-hybridized carbons (Fsp3) is 0.500. The van der Waals surface area contributed by atoms with E-state index in [4.69, 9.17) is 10.8 Å². The highest BCUT2D eigenvalue weighted by Crippen LogP contribution is 2.20. The third kappa shape index (κ3) is 3.18. The van der Waals surface area contributed by atoms with Crippen LogP contribution in [0.5, 0.6) is 0 Å². The quantitative estimate of drug-likeness (QED) is 0.809. The summed E-state index contributed by atoms with van der Waals surface area (Å²) in [5, 5.41) is 9.04. The Morgan fingerprint density at radius 1 is 1.44 bits per heavy atom. The fourth-order valence-electron chi connectivity index (χ4n) is 1.55. The average Bonchev–Trinajstić information content (AvgIpc) is 2.16. The summed E-state index contributed by atoms with van der Waals surface area (Å²) in [4.78, 5) is 1.72. The van der Waals surface area contributed by atoms with Crippen molar-refractivity contribution >= 4 is 5.69 Å². The van der Waals surface area contributed by atoms with Crippen LogP contribution >= 0.6 is 0 Å². The summed E-state index contributed by atoms with van der Waals surface area (Å²) in [5.74, 6) is -0.267. The van der Waals surface area contributed by atoms with Gasteiger partial charge in [-0.05, 0) is 31.0 Å². The second kappa shape index (κ2) is 4.80. The molecule has 16 heavy (non-hydrogen) atoms. The molecule has 0 heterocycles. The zero-order valence-corrected chi connectivity index (χ0v) is 10.00. The lowest BCUT2D eigenvalue weighted by Gasteiger charge is -2.22. The number of rotatable bonds is 4. The van der Waals surface area contributed by atoms with Gasteiger partial charge in [-0.2, -0.15) is 0 Å². The number of nitrogens with zero attached hydrogens (tertiary/aromatic N) is 1. The first kappa shape index (κ1) is 12.9. The monoisotopic (exact) mass is 226 g/mol. The third-order valence-electron chi connectivity index (χ3n) is 2.46. The lowest BCUT2D eigenvalue weighted by molar-refractivity contribution is 0.208. The number of hydrogen-bond donors (Lipinski definition) is 2. The summed E-state index contributed by atoms with van der Waals surface area (Å²) < 4.78 is 13.6. The van der Waals surface area contributed by atoms with E-state index in [1.54, 1.807) is 32.0 Å². The number of aliphatic hydroxyl groups excluding tert-OH is 1. The minimum Gasteiger partial charge on any atom is -0.394 e. The average molecular weight is 226 g/mol. The summed E-state index contributed by atoms with van der Waals surface area (Å²) in [5.41, 5.74) is 6.45. The highest BCUT2D eigenvalue weighted by atomic mass is 19.1. The molecule has 0 saturated heterocycles. The van der Waals surface area contributed by atoms with E-state index >= 15 is 0 Å². The maximum Gasteiger partial charge on any atom is 0.146 e. The molecular formula is C12H19FN2O. The third-order valence-corrected chi connectivity index (χ3v) is 2.46. The fourth-order valence-corrected chi connectivity index (χ4v) is 1.55. The van der Waals surface area contributed by atoms with Gasteiger partial charge in [0.05, 0.1) is 12.3 Å². The maximum atomic E-state index is 13.6. The lowest BCUT2D eigenvalue weighted by atomic mass is 9.95. The first-order valence-corrected chi connectivity index (χ1v) is 5.21. The smallest absolute Gasteiger partial charge is 0.146 e. The molecule has 1 rings (SSSR count). The molecule has 3 nitrogen and oxygen atoms in total. The van der Waals surface area contributed by atoms with E-state index < -0.39 is 5.54 Å². The molecule has 0 aliphatic heterocycles. The molecule has 0 aliphatic rings. The van der Waals surface area contributed by atoms with Gasteiger partial charge in [-0.15, -0.1) is 0 Å². The molecule has 0 bridgehead atoms. The van der Waals surface area contributed by atoms with Crippen LogP contribution in [0, 0.1) is 5.82 Å². The van der Waals surface area contributed by atoms with Gasteiger partial charge in [-0.1, -0.05) is 6.07 Å². The topological polar surface area (TPSA) is 49.5 Å². The molecule has 0 amide bonds. The molecule has 0 aliphatic carbocycles. The van der Waals surface area contributed by atoms with Gasteiger partial charge < -0.3 is 15.7 Å². The zero-order chi connectivity index (χ0) is 12.3. The number of halogens is 1. The van der Waals surface area contributed by atoms with Gasteiger partial charge in [0.15, 0.2) is 0 Å². The molecule has 1 unspecified atom stereocenters. The number of anilines is 1. The molecule has 1 aromatic carbocycles. The van der Waals surface area contributed by atoms with Crippen LogP contribution in [0.15, 0.2) is 18.2 Å². The maximum absolute atomic E-state index is 13.6. The Labute approximate surface area is 95.7 Å². The molecule has 1 aromatic rings. The van der Waals surface area contributed by atoms with Crippen molar-refractivity contribution in [2.75, 3.05) is 25.6 Å². The van der Waals surface area contributed by atoms with Crippen molar-refractivity contribution in [3.8, 4) is 0 Å². The van der Waals surface area contributed by atoms with Gasteiger partial charge in [0.25, 0.3) is 0 Å². The molecule has 0 saturated carbocycles. The molecule has 90 valence electrons. The Hall–Kier alpha value is -1.13. The van der Waals surface area contributed by atoms with E-state index in [1.807, 2.05) is 6.07 Å². The van der Waals surface area contributed by atoms with Crippen molar-refractivity contribution in [1.29, 1.82) is 0 Å². The molecule has 1 atom stereocenters. The van der Waals surface area contributed by atoms with E-state index in [0.29, 0.717) is 12.1 Å². The van der Waals surface area contributed by atoms with E-state index in [9.17, 15) is 4.39 Å². The highest BCUT2D eigenvalue weighted by Gasteiger charge is 2.18. The Morgan fingerprint density at radius 2 is 2.06 bits per heavy atom. The minimum absolute atomic E-state index is 0.121. The normalized spacial score (nSPS) is 14.6. The standard InChI is InChI=1S/C12H19FN2O/c1-12(14,8-16)7-9-4-5-11(15(2)3)10(13)6-9/h4-6,16H,7-8,14H2,1-3H3. The van der Waals surface area contributed by atoms with E-state index in [-0.39, 0.29) is 12.4 Å². The van der Waals surface area contributed by atoms with Crippen LogP contribution in [0.2, 0.25) is 0 Å². The second-order valence-corrected chi connectivity index (χ2v) is 4.67. The Bertz CT molecular complexity index is 364. The summed E-state index contributed by atoms with van der Waals surface area (Å²) >= 11 is 0. The summed E-state index contributed by atoms with van der Waals surface area (Å²) in [6, 6.07) is 5.02. The largest absolute Gasteiger partial charge is 0.394 e. The Kier molecular flexibility index (Phi) is 3.88. The van der Waals surface area contributed by atoms with Crippen LogP contribution in [0.1, 0.15) is 12.5 Å². The molecule has 3 N–H and O–H groups in total. The second-order valence-electron chi connectivity index (χ2n) is 4.67. The Morgan fingerprint density at radius 3 is 2.50 bits per heavy atom. The van der Waals surface area contributed by atoms with E-state index in [1.165, 1.54) is 6.07 Å². The molecule has 4 heteroatoms. The first-order valence-electron chi connectivity index (χ1n) is 5.21. The first-order chi connectivity index (χ1) is 7.35. The van der Waals surface area contributed by atoms with E-state index in [0.717, 1.165) is 5.56 Å². The van der Waals surface area contributed by atoms with Crippen LogP contribution in [-0.4, -0.2) is 31.3 Å². The van der Waals surface area contributed by atoms with Crippen molar-refractivity contribution < 1.29 is 9.50 Å². The molecule has 0 spiro atoms. The van der Waals surface area contributed by atoms with Gasteiger partial charge in [0.2, 0.25) is 0 Å². The number of hydrogen-bond acceptors (Lipinski definition) is 3. The van der Waals surface area contributed by atoms with Gasteiger partial charge in [0, 0.05) is 19.6 Å². The summed E-state index contributed by atoms with van der Waals surface area (Å²) in [6.45, 7) is 1.62. The molecule has 0 radical (unpaired) electrons. The van der Waals surface area contributed by atoms with Gasteiger partial charge >= 0.3 is 0 Å². The summed E-state index contributed by atoms with van der Waals surface area (Å²) in [7, 11) is 3.58. The lowest BCUT2D eigenvalue weighted by Crippen LogP contribution is -2.42. The number of nitrogens with two attached hydrogens (primary N) is 1. The minimum atomic E-state index is -0.702. The van der Waals surface area contributed by atoms with Crippen LogP contribution in [-0.2, 0) is 6.42 Å². The van der Waals surface area contributed by atoms with Gasteiger partial charge in [-0.3, -0.25) is 0 Å².